The van der Waals surface area contributed by atoms with Crippen LogP contribution in [0.4, 0.5) is 0 Å². The topological polar surface area (TPSA) is 221 Å². The van der Waals surface area contributed by atoms with Gasteiger partial charge in [-0.1, -0.05) is 100 Å². The lowest BCUT2D eigenvalue weighted by Gasteiger charge is -2.23. The van der Waals surface area contributed by atoms with E-state index >= 15 is 0 Å². The van der Waals surface area contributed by atoms with E-state index in [1.54, 1.807) is 114 Å². The van der Waals surface area contributed by atoms with Gasteiger partial charge in [0.25, 0.3) is 0 Å². The second kappa shape index (κ2) is 15.8. The van der Waals surface area contributed by atoms with Gasteiger partial charge in [-0.05, 0) is 58.7 Å². The van der Waals surface area contributed by atoms with E-state index in [4.69, 9.17) is 0 Å². The van der Waals surface area contributed by atoms with E-state index in [0.29, 0.717) is 44.2 Å². The Morgan fingerprint density at radius 3 is 1.14 bits per heavy atom. The highest BCUT2D eigenvalue weighted by Crippen LogP contribution is 2.54. The summed E-state index contributed by atoms with van der Waals surface area (Å²) in [5.74, 6) is -6.39. The summed E-state index contributed by atoms with van der Waals surface area (Å²) in [6, 6.07) is 17.0. The molecule has 0 amide bonds. The van der Waals surface area contributed by atoms with Crippen LogP contribution in [0.3, 0.4) is 0 Å². The van der Waals surface area contributed by atoms with Crippen molar-refractivity contribution in [2.45, 2.75) is 65.5 Å². The highest BCUT2D eigenvalue weighted by atomic mass is 16.4. The minimum absolute atomic E-state index is 0.0183. The number of benzene rings is 6. The maximum atomic E-state index is 12.4. The Bertz CT molecular complexity index is 2480. The first-order valence-corrected chi connectivity index (χ1v) is 18.6. The van der Waals surface area contributed by atoms with Gasteiger partial charge in [0.15, 0.2) is 35.1 Å². The molecule has 0 aliphatic carbocycles. The molecule has 2 atom stereocenters. The largest absolute Gasteiger partial charge is 0.507 e. The van der Waals surface area contributed by atoms with Crippen LogP contribution < -0.4 is 0 Å². The lowest BCUT2D eigenvalue weighted by molar-refractivity contribution is -0.139. The maximum absolute atomic E-state index is 12.4. The molecule has 12 heteroatoms. The molecule has 0 fully saturated rings. The molecular weight excluding hydrogens is 741 g/mol. The van der Waals surface area contributed by atoms with Gasteiger partial charge in [-0.2, -0.15) is 0 Å². The molecule has 0 saturated carbocycles. The summed E-state index contributed by atoms with van der Waals surface area (Å²) in [6.07, 6.45) is 2.18. The van der Waals surface area contributed by atoms with Gasteiger partial charge in [0.2, 0.25) is 0 Å². The fourth-order valence-corrected chi connectivity index (χ4v) is 7.78. The van der Waals surface area contributed by atoms with E-state index in [9.17, 15) is 50.4 Å². The van der Waals surface area contributed by atoms with Crippen molar-refractivity contribution in [2.75, 3.05) is 0 Å². The van der Waals surface area contributed by atoms with Gasteiger partial charge >= 0.3 is 11.9 Å². The van der Waals surface area contributed by atoms with E-state index < -0.39 is 58.5 Å². The minimum Gasteiger partial charge on any atom is -0.507 e. The lowest BCUT2D eigenvalue weighted by atomic mass is 9.83. The third kappa shape index (κ3) is 6.97. The fourth-order valence-electron chi connectivity index (χ4n) is 7.78. The molecule has 0 saturated heterocycles. The second-order valence-corrected chi connectivity index (χ2v) is 14.9. The monoisotopic (exact) mass is 784 g/mol. The van der Waals surface area contributed by atoms with E-state index in [-0.39, 0.29) is 44.9 Å². The van der Waals surface area contributed by atoms with E-state index in [1.807, 2.05) is 0 Å². The first-order chi connectivity index (χ1) is 27.5. The molecule has 0 unspecified atom stereocenters. The van der Waals surface area contributed by atoms with Crippen molar-refractivity contribution in [3.63, 3.8) is 0 Å². The summed E-state index contributed by atoms with van der Waals surface area (Å²) < 4.78 is 0. The van der Waals surface area contributed by atoms with Crippen molar-refractivity contribution in [3.05, 3.63) is 117 Å². The van der Waals surface area contributed by atoms with Gasteiger partial charge in [-0.25, -0.2) is 9.59 Å². The Hall–Kier alpha value is -7.08. The van der Waals surface area contributed by atoms with Crippen LogP contribution in [0.15, 0.2) is 82.8 Å². The first kappa shape index (κ1) is 40.6. The SMILES string of the molecule is Cc1cc2c(C(C)C)c(O)c(O)c(C=N[C@H](C(=O)O)c3ccccc3)c2c(O)c1-c1c(C)cc2c(C(C)C)c(O)c(O)c(C=N[C@H](C(=O)O)c3ccccc3)c2c1O. The molecule has 0 aromatic heterocycles. The number of aromatic hydroxyl groups is 6. The molecule has 12 nitrogen and oxygen atoms in total. The highest BCUT2D eigenvalue weighted by Gasteiger charge is 2.30. The molecule has 6 rings (SSSR count). The molecule has 0 bridgehead atoms. The quantitative estimate of drug-likeness (QED) is 0.0459. The summed E-state index contributed by atoms with van der Waals surface area (Å²) in [6.45, 7) is 10.5. The number of rotatable bonds is 11. The number of aryl methyl sites for hydroxylation is 2. The molecule has 298 valence electrons. The number of hydrogen-bond donors (Lipinski definition) is 8. The zero-order valence-corrected chi connectivity index (χ0v) is 32.7. The number of carboxylic acid groups (broad SMARTS) is 2. The molecule has 0 heterocycles. The summed E-state index contributed by atoms with van der Waals surface area (Å²) in [5, 5.41) is 91.3. The summed E-state index contributed by atoms with van der Waals surface area (Å²) in [4.78, 5) is 33.3. The van der Waals surface area contributed by atoms with Crippen LogP contribution in [0.25, 0.3) is 32.7 Å². The Morgan fingerprint density at radius 1 is 0.517 bits per heavy atom. The van der Waals surface area contributed by atoms with Crippen molar-refractivity contribution in [2.24, 2.45) is 9.98 Å². The molecule has 0 spiro atoms. The standard InChI is InChI=1S/C46H44N2O10/c1-21(2)31-27-17-23(5)33(41(51)35(27)29(39(49)43(31)53)19-47-37(45(55)56)25-13-9-7-10-14-25)34-24(6)18-28-32(22(3)4)44(54)40(50)30(36(28)42(34)52)20-48-38(46(57)58)26-15-11-8-12-16-26/h7-22,37-38,49-54H,1-6H3,(H,55,56)(H,57,58)/t37-,38-/m0/s1. The number of carboxylic acids is 2. The normalized spacial score (nSPS) is 13.0. The number of fused-ring (bicyclic) bond motifs is 2. The fraction of sp³-hybridized carbons (Fsp3) is 0.217. The number of aliphatic carboxylic acids is 2. The summed E-state index contributed by atoms with van der Waals surface area (Å²) >= 11 is 0. The van der Waals surface area contributed by atoms with Gasteiger partial charge in [-0.15, -0.1) is 0 Å². The molecular formula is C46H44N2O10. The Labute approximate surface area is 334 Å². The highest BCUT2D eigenvalue weighted by molar-refractivity contribution is 6.15. The van der Waals surface area contributed by atoms with Crippen LogP contribution in [-0.4, -0.2) is 65.2 Å². The lowest BCUT2D eigenvalue weighted by Crippen LogP contribution is -2.09. The smallest absolute Gasteiger partial charge is 0.333 e. The zero-order valence-electron chi connectivity index (χ0n) is 32.7. The van der Waals surface area contributed by atoms with Crippen LogP contribution in [0, 0.1) is 13.8 Å². The first-order valence-electron chi connectivity index (χ1n) is 18.6. The van der Waals surface area contributed by atoms with E-state index in [2.05, 4.69) is 9.98 Å². The zero-order chi connectivity index (χ0) is 42.3. The van der Waals surface area contributed by atoms with Crippen molar-refractivity contribution < 1.29 is 50.4 Å². The summed E-state index contributed by atoms with van der Waals surface area (Å²) in [5.41, 5.74) is 2.04. The van der Waals surface area contributed by atoms with Crippen molar-refractivity contribution in [1.82, 2.24) is 0 Å². The van der Waals surface area contributed by atoms with E-state index in [1.165, 1.54) is 0 Å². The average molecular weight is 785 g/mol. The molecule has 6 aromatic rings. The van der Waals surface area contributed by atoms with Crippen molar-refractivity contribution in [3.8, 4) is 45.6 Å². The van der Waals surface area contributed by atoms with Gasteiger partial charge in [0.1, 0.15) is 11.5 Å². The van der Waals surface area contributed by atoms with Crippen LogP contribution in [0.1, 0.15) is 96.1 Å². The van der Waals surface area contributed by atoms with Crippen molar-refractivity contribution in [1.29, 1.82) is 0 Å². The molecule has 6 aromatic carbocycles. The third-order valence-electron chi connectivity index (χ3n) is 10.4. The van der Waals surface area contributed by atoms with Crippen LogP contribution in [-0.2, 0) is 9.59 Å². The van der Waals surface area contributed by atoms with Crippen LogP contribution in [0.5, 0.6) is 34.5 Å². The molecule has 8 N–H and O–H groups in total. The number of phenolic OH excluding ortho intramolecular Hbond substituents is 6. The number of aliphatic imine (C=N–C) groups is 2. The van der Waals surface area contributed by atoms with Crippen molar-refractivity contribution >= 4 is 45.9 Å². The Balaban J connectivity index is 1.70. The summed E-state index contributed by atoms with van der Waals surface area (Å²) in [7, 11) is 0. The second-order valence-electron chi connectivity index (χ2n) is 14.9. The van der Waals surface area contributed by atoms with Gasteiger partial charge in [0.05, 0.1) is 0 Å². The molecule has 58 heavy (non-hydrogen) atoms. The molecule has 0 radical (unpaired) electrons. The van der Waals surface area contributed by atoms with Gasteiger partial charge in [-0.3, -0.25) is 9.98 Å². The third-order valence-corrected chi connectivity index (χ3v) is 10.4. The Morgan fingerprint density at radius 2 is 0.845 bits per heavy atom. The number of nitrogens with zero attached hydrogens (tertiary/aromatic N) is 2. The van der Waals surface area contributed by atoms with Gasteiger partial charge < -0.3 is 40.9 Å². The number of phenols is 6. The van der Waals surface area contributed by atoms with Crippen LogP contribution >= 0.6 is 0 Å². The number of hydrogen-bond acceptors (Lipinski definition) is 10. The van der Waals surface area contributed by atoms with E-state index in [0.717, 1.165) is 12.4 Å². The maximum Gasteiger partial charge on any atom is 0.333 e. The van der Waals surface area contributed by atoms with Crippen LogP contribution in [0.2, 0.25) is 0 Å². The number of carbonyl (C=O) groups is 2. The predicted octanol–water partition coefficient (Wildman–Crippen LogP) is 9.25. The predicted molar refractivity (Wildman–Crippen MR) is 223 cm³/mol. The Kier molecular flexibility index (Phi) is 11.1. The molecule has 0 aliphatic heterocycles. The van der Waals surface area contributed by atoms with Gasteiger partial charge in [0, 0.05) is 56.6 Å². The average Bonchev–Trinajstić information content (AvgIpc) is 3.16. The molecule has 0 aliphatic rings. The minimum atomic E-state index is -1.40.